The molecule has 2 rings (SSSR count). The summed E-state index contributed by atoms with van der Waals surface area (Å²) >= 11 is 1.88. The Hall–Kier alpha value is -0.610. The fourth-order valence-electron chi connectivity index (χ4n) is 2.20. The molecular formula is C15H27N3S. The average molecular weight is 281 g/mol. The van der Waals surface area contributed by atoms with Crippen LogP contribution in [0.2, 0.25) is 0 Å². The van der Waals surface area contributed by atoms with E-state index in [1.165, 1.54) is 35.0 Å². The third-order valence-corrected chi connectivity index (χ3v) is 5.07. The van der Waals surface area contributed by atoms with E-state index in [0.29, 0.717) is 5.92 Å². The lowest BCUT2D eigenvalue weighted by Gasteiger charge is -2.13. The molecule has 0 spiro atoms. The van der Waals surface area contributed by atoms with Crippen molar-refractivity contribution in [3.8, 4) is 0 Å². The maximum Gasteiger partial charge on any atom is 0.185 e. The van der Waals surface area contributed by atoms with Crippen molar-refractivity contribution in [3.63, 3.8) is 0 Å². The van der Waals surface area contributed by atoms with E-state index in [1.54, 1.807) is 0 Å². The van der Waals surface area contributed by atoms with E-state index in [9.17, 15) is 0 Å². The average Bonchev–Trinajstić information content (AvgIpc) is 3.18. The quantitative estimate of drug-likeness (QED) is 0.736. The molecule has 1 fully saturated rings. The van der Waals surface area contributed by atoms with Gasteiger partial charge in [0.15, 0.2) is 5.13 Å². The van der Waals surface area contributed by atoms with E-state index < -0.39 is 0 Å². The van der Waals surface area contributed by atoms with E-state index in [4.69, 9.17) is 4.98 Å². The second-order valence-corrected chi connectivity index (χ2v) is 6.70. The topological polar surface area (TPSA) is 28.2 Å². The van der Waals surface area contributed by atoms with Crippen LogP contribution in [0.15, 0.2) is 0 Å². The highest BCUT2D eigenvalue weighted by Gasteiger charge is 2.29. The van der Waals surface area contributed by atoms with Crippen molar-refractivity contribution in [1.82, 2.24) is 10.3 Å². The van der Waals surface area contributed by atoms with Crippen LogP contribution >= 0.6 is 11.3 Å². The molecule has 0 bridgehead atoms. The molecule has 4 heteroatoms. The Kier molecular flexibility index (Phi) is 5.22. The lowest BCUT2D eigenvalue weighted by atomic mass is 10.0. The SMILES string of the molecule is CCCNCc1sc(N(C)C2CC2)nc1C(C)CC. The van der Waals surface area contributed by atoms with Crippen molar-refractivity contribution in [2.24, 2.45) is 0 Å². The Balaban J connectivity index is 2.12. The second kappa shape index (κ2) is 6.71. The van der Waals surface area contributed by atoms with Gasteiger partial charge in [-0.3, -0.25) is 0 Å². The standard InChI is InChI=1S/C15H27N3S/c1-5-9-16-10-13-14(11(3)6-2)17-15(19-13)18(4)12-7-8-12/h11-12,16H,5-10H2,1-4H3. The van der Waals surface area contributed by atoms with Gasteiger partial charge in [0.1, 0.15) is 0 Å². The van der Waals surface area contributed by atoms with Crippen LogP contribution in [0.5, 0.6) is 0 Å². The molecule has 0 aromatic carbocycles. The number of anilines is 1. The van der Waals surface area contributed by atoms with E-state index in [-0.39, 0.29) is 0 Å². The molecule has 1 atom stereocenters. The van der Waals surface area contributed by atoms with Crippen LogP contribution in [0, 0.1) is 0 Å². The first kappa shape index (κ1) is 14.8. The number of hydrogen-bond donors (Lipinski definition) is 1. The van der Waals surface area contributed by atoms with Crippen molar-refractivity contribution in [2.45, 2.75) is 65.0 Å². The third kappa shape index (κ3) is 3.69. The van der Waals surface area contributed by atoms with E-state index in [0.717, 1.165) is 25.6 Å². The molecule has 0 aliphatic heterocycles. The lowest BCUT2D eigenvalue weighted by molar-refractivity contribution is 0.655. The number of thiazole rings is 1. The first-order chi connectivity index (χ1) is 9.17. The molecule has 1 N–H and O–H groups in total. The van der Waals surface area contributed by atoms with Gasteiger partial charge < -0.3 is 10.2 Å². The zero-order valence-corrected chi connectivity index (χ0v) is 13.5. The van der Waals surface area contributed by atoms with Crippen molar-refractivity contribution in [1.29, 1.82) is 0 Å². The van der Waals surface area contributed by atoms with Gasteiger partial charge in [0.25, 0.3) is 0 Å². The number of nitrogens with one attached hydrogen (secondary N) is 1. The highest BCUT2D eigenvalue weighted by Crippen LogP contribution is 2.36. The van der Waals surface area contributed by atoms with Crippen molar-refractivity contribution >= 4 is 16.5 Å². The summed E-state index contributed by atoms with van der Waals surface area (Å²) in [5, 5.41) is 4.73. The predicted molar refractivity (Wildman–Crippen MR) is 84.2 cm³/mol. The Morgan fingerprint density at radius 3 is 2.74 bits per heavy atom. The Morgan fingerprint density at radius 1 is 1.42 bits per heavy atom. The smallest absolute Gasteiger partial charge is 0.185 e. The van der Waals surface area contributed by atoms with Crippen molar-refractivity contribution in [3.05, 3.63) is 10.6 Å². The molecule has 3 nitrogen and oxygen atoms in total. The summed E-state index contributed by atoms with van der Waals surface area (Å²) in [6.45, 7) is 8.81. The second-order valence-electron chi connectivity index (χ2n) is 5.63. The van der Waals surface area contributed by atoms with Gasteiger partial charge in [-0.1, -0.05) is 20.8 Å². The van der Waals surface area contributed by atoms with Gasteiger partial charge in [-0.05, 0) is 38.1 Å². The molecular weight excluding hydrogens is 254 g/mol. The van der Waals surface area contributed by atoms with Crippen molar-refractivity contribution in [2.75, 3.05) is 18.5 Å². The highest BCUT2D eigenvalue weighted by molar-refractivity contribution is 7.15. The summed E-state index contributed by atoms with van der Waals surface area (Å²) in [6, 6.07) is 0.743. The summed E-state index contributed by atoms with van der Waals surface area (Å²) < 4.78 is 0. The van der Waals surface area contributed by atoms with Crippen LogP contribution < -0.4 is 10.2 Å². The molecule has 1 aliphatic rings. The van der Waals surface area contributed by atoms with Gasteiger partial charge in [0, 0.05) is 24.5 Å². The van der Waals surface area contributed by atoms with Crippen LogP contribution in [0.25, 0.3) is 0 Å². The summed E-state index contributed by atoms with van der Waals surface area (Å²) in [4.78, 5) is 8.74. The largest absolute Gasteiger partial charge is 0.348 e. The van der Waals surface area contributed by atoms with Crippen molar-refractivity contribution < 1.29 is 0 Å². The van der Waals surface area contributed by atoms with E-state index >= 15 is 0 Å². The highest BCUT2D eigenvalue weighted by atomic mass is 32.1. The van der Waals surface area contributed by atoms with Gasteiger partial charge in [-0.15, -0.1) is 11.3 Å². The van der Waals surface area contributed by atoms with Crippen LogP contribution in [0.1, 0.15) is 62.9 Å². The van der Waals surface area contributed by atoms with Crippen LogP contribution in [-0.2, 0) is 6.54 Å². The summed E-state index contributed by atoms with van der Waals surface area (Å²) in [6.07, 6.45) is 5.01. The lowest BCUT2D eigenvalue weighted by Crippen LogP contribution is -2.19. The Labute approximate surface area is 121 Å². The van der Waals surface area contributed by atoms with Gasteiger partial charge in [0.05, 0.1) is 5.69 Å². The van der Waals surface area contributed by atoms with Crippen LogP contribution in [0.4, 0.5) is 5.13 Å². The molecule has 1 aromatic rings. The monoisotopic (exact) mass is 281 g/mol. The first-order valence-corrected chi connectivity index (χ1v) is 8.42. The number of nitrogens with zero attached hydrogens (tertiary/aromatic N) is 2. The minimum absolute atomic E-state index is 0.566. The van der Waals surface area contributed by atoms with Gasteiger partial charge in [-0.25, -0.2) is 4.98 Å². The molecule has 1 heterocycles. The first-order valence-electron chi connectivity index (χ1n) is 7.60. The molecule has 0 radical (unpaired) electrons. The zero-order valence-electron chi connectivity index (χ0n) is 12.7. The Morgan fingerprint density at radius 2 is 2.16 bits per heavy atom. The van der Waals surface area contributed by atoms with Crippen LogP contribution in [0.3, 0.4) is 0 Å². The predicted octanol–water partition coefficient (Wildman–Crippen LogP) is 3.75. The van der Waals surface area contributed by atoms with E-state index in [2.05, 4.69) is 38.0 Å². The molecule has 1 aromatic heterocycles. The summed E-state index contributed by atoms with van der Waals surface area (Å²) in [5.74, 6) is 0.566. The van der Waals surface area contributed by atoms with Gasteiger partial charge in [0.2, 0.25) is 0 Å². The maximum atomic E-state index is 4.93. The number of rotatable bonds is 8. The molecule has 19 heavy (non-hydrogen) atoms. The minimum Gasteiger partial charge on any atom is -0.348 e. The summed E-state index contributed by atoms with van der Waals surface area (Å²) in [5.41, 5.74) is 1.32. The molecule has 1 aliphatic carbocycles. The van der Waals surface area contributed by atoms with Crippen LogP contribution in [-0.4, -0.2) is 24.6 Å². The van der Waals surface area contributed by atoms with Gasteiger partial charge in [-0.2, -0.15) is 0 Å². The third-order valence-electron chi connectivity index (χ3n) is 3.90. The number of hydrogen-bond acceptors (Lipinski definition) is 4. The minimum atomic E-state index is 0.566. The zero-order chi connectivity index (χ0) is 13.8. The molecule has 108 valence electrons. The number of aromatic nitrogens is 1. The molecule has 1 saturated carbocycles. The fourth-order valence-corrected chi connectivity index (χ4v) is 3.39. The fraction of sp³-hybridized carbons (Fsp3) is 0.800. The van der Waals surface area contributed by atoms with Gasteiger partial charge >= 0.3 is 0 Å². The molecule has 0 saturated heterocycles. The van der Waals surface area contributed by atoms with E-state index in [1.807, 2.05) is 11.3 Å². The molecule has 0 amide bonds. The summed E-state index contributed by atoms with van der Waals surface area (Å²) in [7, 11) is 2.19. The maximum absolute atomic E-state index is 4.93. The Bertz CT molecular complexity index is 398. The normalized spacial score (nSPS) is 16.6. The molecule has 1 unspecified atom stereocenters.